The minimum atomic E-state index is -4.83. The molecule has 1 aromatic heterocycles. The summed E-state index contributed by atoms with van der Waals surface area (Å²) in [4.78, 5) is 26.1. The Kier molecular flexibility index (Phi) is 7.44. The van der Waals surface area contributed by atoms with E-state index in [0.717, 1.165) is 6.07 Å². The van der Waals surface area contributed by atoms with Gasteiger partial charge in [-0.1, -0.05) is 13.0 Å². The molecule has 2 unspecified atom stereocenters. The summed E-state index contributed by atoms with van der Waals surface area (Å²) < 4.78 is 48.9. The van der Waals surface area contributed by atoms with E-state index in [1.807, 2.05) is 6.92 Å². The monoisotopic (exact) mass is 515 g/mol. The van der Waals surface area contributed by atoms with Crippen LogP contribution < -0.4 is 4.74 Å². The second kappa shape index (κ2) is 10.6. The van der Waals surface area contributed by atoms with Crippen LogP contribution in [0.4, 0.5) is 13.2 Å². The minimum absolute atomic E-state index is 0.0507. The van der Waals surface area contributed by atoms with Gasteiger partial charge in [0.25, 0.3) is 0 Å². The Hall–Kier alpha value is -3.99. The molecule has 0 spiro atoms. The summed E-state index contributed by atoms with van der Waals surface area (Å²) in [5.74, 6) is 0.580. The number of ether oxygens (including phenoxy) is 2. The molecule has 1 aliphatic rings. The maximum atomic E-state index is 12.7. The average molecular weight is 515 g/mol. The molecule has 4 rings (SSSR count). The smallest absolute Gasteiger partial charge is 0.420 e. The van der Waals surface area contributed by atoms with Crippen LogP contribution in [0.15, 0.2) is 54.6 Å². The highest BCUT2D eigenvalue weighted by Gasteiger charge is 2.40. The molecule has 194 valence electrons. The van der Waals surface area contributed by atoms with Crippen molar-refractivity contribution in [3.8, 4) is 22.8 Å². The van der Waals surface area contributed by atoms with Crippen LogP contribution >= 0.6 is 0 Å². The fourth-order valence-electron chi connectivity index (χ4n) is 3.98. The number of aliphatic hydroxyl groups is 1. The molecule has 2 aromatic carbocycles. The van der Waals surface area contributed by atoms with Gasteiger partial charge in [0.1, 0.15) is 17.2 Å². The number of hydrogen-bond donors (Lipinski definition) is 1. The van der Waals surface area contributed by atoms with Gasteiger partial charge in [0.2, 0.25) is 5.91 Å². The first kappa shape index (κ1) is 26.1. The third kappa shape index (κ3) is 6.05. The number of rotatable bonds is 7. The van der Waals surface area contributed by atoms with Gasteiger partial charge in [-0.3, -0.25) is 4.79 Å². The highest BCUT2D eigenvalue weighted by Crippen LogP contribution is 2.33. The lowest BCUT2D eigenvalue weighted by atomic mass is 10.1. The van der Waals surface area contributed by atoms with Gasteiger partial charge in [0.15, 0.2) is 6.10 Å². The van der Waals surface area contributed by atoms with Gasteiger partial charge in [-0.05, 0) is 54.4 Å². The van der Waals surface area contributed by atoms with Gasteiger partial charge in [-0.2, -0.15) is 23.4 Å². The molecule has 1 aliphatic heterocycles. The molecule has 1 amide bonds. The molecular formula is C26H24F3N3O5. The SMILES string of the molecule is COC(=O)c1ccc(CN2CC(C)CC2=O)c(Oc2ccc(-c3ccc(C(O)C(F)(F)F)nn3)cc2)c1. The summed E-state index contributed by atoms with van der Waals surface area (Å²) in [5.41, 5.74) is 1.27. The lowest BCUT2D eigenvalue weighted by Gasteiger charge is -2.19. The lowest BCUT2D eigenvalue weighted by molar-refractivity contribution is -0.208. The van der Waals surface area contributed by atoms with Crippen molar-refractivity contribution in [1.82, 2.24) is 15.1 Å². The fraction of sp³-hybridized carbons (Fsp3) is 0.308. The molecule has 0 aliphatic carbocycles. The molecule has 2 atom stereocenters. The number of aromatic nitrogens is 2. The van der Waals surface area contributed by atoms with E-state index < -0.39 is 23.9 Å². The van der Waals surface area contributed by atoms with Crippen LogP contribution in [0, 0.1) is 5.92 Å². The van der Waals surface area contributed by atoms with E-state index in [9.17, 15) is 27.9 Å². The largest absolute Gasteiger partial charge is 0.465 e. The van der Waals surface area contributed by atoms with Crippen molar-refractivity contribution in [2.75, 3.05) is 13.7 Å². The van der Waals surface area contributed by atoms with Crippen LogP contribution in [0.25, 0.3) is 11.3 Å². The van der Waals surface area contributed by atoms with Gasteiger partial charge >= 0.3 is 12.1 Å². The zero-order chi connectivity index (χ0) is 26.7. The van der Waals surface area contributed by atoms with E-state index in [0.29, 0.717) is 47.8 Å². The number of esters is 1. The topological polar surface area (TPSA) is 102 Å². The van der Waals surface area contributed by atoms with Crippen LogP contribution in [-0.2, 0) is 16.1 Å². The Morgan fingerprint density at radius 2 is 1.86 bits per heavy atom. The Balaban J connectivity index is 1.55. The summed E-state index contributed by atoms with van der Waals surface area (Å²) in [7, 11) is 1.28. The zero-order valence-corrected chi connectivity index (χ0v) is 20.0. The van der Waals surface area contributed by atoms with Crippen molar-refractivity contribution in [3.63, 3.8) is 0 Å². The van der Waals surface area contributed by atoms with Crippen molar-refractivity contribution in [1.29, 1.82) is 0 Å². The molecular weight excluding hydrogens is 491 g/mol. The second-order valence-electron chi connectivity index (χ2n) is 8.81. The standard InChI is InChI=1S/C26H24F3N3O5/c1-15-11-23(33)32(13-15)14-18-4-3-17(25(35)36-2)12-22(18)37-19-7-5-16(6-8-19)20-9-10-21(31-30-20)24(34)26(27,28)29/h3-10,12,15,24,34H,11,13-14H2,1-2H3. The molecule has 1 saturated heterocycles. The summed E-state index contributed by atoms with van der Waals surface area (Å²) in [6.45, 7) is 2.96. The number of carbonyl (C=O) groups is 2. The number of aliphatic hydroxyl groups excluding tert-OH is 1. The first-order valence-corrected chi connectivity index (χ1v) is 11.4. The zero-order valence-electron chi connectivity index (χ0n) is 20.0. The Morgan fingerprint density at radius 1 is 1.14 bits per heavy atom. The van der Waals surface area contributed by atoms with Gasteiger partial charge < -0.3 is 19.5 Å². The summed E-state index contributed by atoms with van der Waals surface area (Å²) >= 11 is 0. The first-order valence-electron chi connectivity index (χ1n) is 11.4. The van der Waals surface area contributed by atoms with Crippen molar-refractivity contribution < 1.29 is 37.3 Å². The maximum absolute atomic E-state index is 12.7. The molecule has 0 radical (unpaired) electrons. The first-order chi connectivity index (χ1) is 17.5. The van der Waals surface area contributed by atoms with Gasteiger partial charge in [-0.25, -0.2) is 4.79 Å². The van der Waals surface area contributed by atoms with Gasteiger partial charge in [0.05, 0.1) is 18.4 Å². The number of hydrogen-bond acceptors (Lipinski definition) is 7. The number of methoxy groups -OCH3 is 1. The maximum Gasteiger partial charge on any atom is 0.420 e. The molecule has 0 bridgehead atoms. The fourth-order valence-corrected chi connectivity index (χ4v) is 3.98. The number of alkyl halides is 3. The number of carbonyl (C=O) groups excluding carboxylic acids is 2. The van der Waals surface area contributed by atoms with E-state index in [1.54, 1.807) is 47.4 Å². The summed E-state index contributed by atoms with van der Waals surface area (Å²) in [6, 6.07) is 13.8. The van der Waals surface area contributed by atoms with Crippen molar-refractivity contribution in [2.45, 2.75) is 32.2 Å². The van der Waals surface area contributed by atoms with E-state index in [1.165, 1.54) is 13.2 Å². The summed E-state index contributed by atoms with van der Waals surface area (Å²) in [6.07, 6.45) is -7.06. The average Bonchev–Trinajstić information content (AvgIpc) is 3.20. The number of nitrogens with zero attached hydrogens (tertiary/aromatic N) is 3. The van der Waals surface area contributed by atoms with Crippen LogP contribution in [0.1, 0.15) is 41.1 Å². The third-order valence-electron chi connectivity index (χ3n) is 5.91. The Morgan fingerprint density at radius 3 is 2.43 bits per heavy atom. The number of halogens is 3. The molecule has 11 heteroatoms. The van der Waals surface area contributed by atoms with Gasteiger partial charge in [-0.15, -0.1) is 0 Å². The molecule has 3 aromatic rings. The highest BCUT2D eigenvalue weighted by atomic mass is 19.4. The van der Waals surface area contributed by atoms with Crippen molar-refractivity contribution in [3.05, 3.63) is 71.4 Å². The van der Waals surface area contributed by atoms with Crippen LogP contribution in [0.3, 0.4) is 0 Å². The van der Waals surface area contributed by atoms with Crippen molar-refractivity contribution >= 4 is 11.9 Å². The normalized spacial score (nSPS) is 16.5. The number of amides is 1. The molecule has 0 saturated carbocycles. The van der Waals surface area contributed by atoms with Crippen LogP contribution in [0.2, 0.25) is 0 Å². The third-order valence-corrected chi connectivity index (χ3v) is 5.91. The molecule has 37 heavy (non-hydrogen) atoms. The molecule has 1 fully saturated rings. The number of benzene rings is 2. The number of likely N-dealkylation sites (tertiary alicyclic amines) is 1. The minimum Gasteiger partial charge on any atom is -0.465 e. The van der Waals surface area contributed by atoms with E-state index >= 15 is 0 Å². The van der Waals surface area contributed by atoms with E-state index in [2.05, 4.69) is 10.2 Å². The quantitative estimate of drug-likeness (QED) is 0.456. The van der Waals surface area contributed by atoms with Crippen LogP contribution in [-0.4, -0.2) is 51.9 Å². The van der Waals surface area contributed by atoms with Crippen molar-refractivity contribution in [2.24, 2.45) is 5.92 Å². The summed E-state index contributed by atoms with van der Waals surface area (Å²) in [5, 5.41) is 16.6. The highest BCUT2D eigenvalue weighted by molar-refractivity contribution is 5.90. The molecule has 2 heterocycles. The molecule has 8 nitrogen and oxygen atoms in total. The van der Waals surface area contributed by atoms with E-state index in [-0.39, 0.29) is 17.4 Å². The second-order valence-corrected chi connectivity index (χ2v) is 8.81. The Bertz CT molecular complexity index is 1280. The lowest BCUT2D eigenvalue weighted by Crippen LogP contribution is -2.24. The van der Waals surface area contributed by atoms with Crippen LogP contribution in [0.5, 0.6) is 11.5 Å². The van der Waals surface area contributed by atoms with E-state index in [4.69, 9.17) is 9.47 Å². The van der Waals surface area contributed by atoms with Gasteiger partial charge in [0, 0.05) is 30.6 Å². The Labute approximate surface area is 210 Å². The predicted molar refractivity (Wildman–Crippen MR) is 126 cm³/mol. The molecule has 1 N–H and O–H groups in total. The predicted octanol–water partition coefficient (Wildman–Crippen LogP) is 4.69.